The number of rotatable bonds is 17. The molecule has 0 heterocycles. The topological polar surface area (TPSA) is 0 Å². The van der Waals surface area contributed by atoms with Crippen molar-refractivity contribution in [2.24, 2.45) is 0 Å². The molecule has 0 fully saturated rings. The van der Waals surface area contributed by atoms with Crippen LogP contribution in [0.15, 0.2) is 0 Å². The zero-order valence-electron chi connectivity index (χ0n) is 37.6. The average Bonchev–Trinajstić information content (AvgIpc) is 2.74. The molecule has 0 bridgehead atoms. The summed E-state index contributed by atoms with van der Waals surface area (Å²) in [7, 11) is -14.5. The molecule has 0 saturated carbocycles. The van der Waals surface area contributed by atoms with Crippen LogP contribution >= 0.6 is 0 Å². The molecule has 0 rings (SSSR count). The van der Waals surface area contributed by atoms with Gasteiger partial charge in [-0.2, -0.15) is 0 Å². The van der Waals surface area contributed by atoms with Crippen LogP contribution in [0.5, 0.6) is 0 Å². The summed E-state index contributed by atoms with van der Waals surface area (Å²) in [6.45, 7) is 81.2. The molecule has 0 spiro atoms. The molecule has 0 aliphatic rings. The van der Waals surface area contributed by atoms with Crippen LogP contribution in [-0.4, -0.2) is 73.5 Å². The fourth-order valence-corrected chi connectivity index (χ4v) is 392. The molecule has 0 aromatic heterocycles. The monoisotopic (exact) mass is 804 g/mol. The molecule has 0 unspecified atom stereocenters. The summed E-state index contributed by atoms with van der Waals surface area (Å²) < 4.78 is 0. The van der Waals surface area contributed by atoms with Crippen molar-refractivity contribution in [2.45, 2.75) is 234 Å². The van der Waals surface area contributed by atoms with Gasteiger partial charge in [0.15, 0.2) is 0 Å². The van der Waals surface area contributed by atoms with Crippen LogP contribution in [0.25, 0.3) is 0 Å². The van der Waals surface area contributed by atoms with E-state index in [2.05, 4.69) is 189 Å². The fraction of sp³-hybridized carbons (Fsp3) is 1.00. The Hall–Kier alpha value is 2.17. The lowest BCUT2D eigenvalue weighted by molar-refractivity contribution is 0.857. The van der Waals surface area contributed by atoms with Crippen molar-refractivity contribution in [2.75, 3.05) is 0 Å². The Morgan fingerprint density at radius 3 is 0.435 bits per heavy atom. The molecule has 0 aromatic carbocycles. The van der Waals surface area contributed by atoms with E-state index in [4.69, 9.17) is 0 Å². The van der Waals surface area contributed by atoms with E-state index in [1.54, 1.807) is 0 Å². The fourth-order valence-electron chi connectivity index (χ4n) is 15.4. The second-order valence-electron chi connectivity index (χ2n) is 22.5. The number of hydrogen-bond acceptors (Lipinski definition) is 0. The maximum atomic E-state index is 2.91. The van der Waals surface area contributed by atoms with Gasteiger partial charge in [0.2, 0.25) is 0 Å². The van der Waals surface area contributed by atoms with E-state index in [-0.39, 0.29) is 0 Å². The molecular formula is C36H92Si10. The lowest BCUT2D eigenvalue weighted by Crippen LogP contribution is -3.01. The molecule has 10 heteroatoms. The first-order chi connectivity index (χ1) is 20.0. The summed E-state index contributed by atoms with van der Waals surface area (Å²) in [6, 6.07) is 0. The molecule has 0 saturated heterocycles. The van der Waals surface area contributed by atoms with Crippen LogP contribution in [-0.2, 0) is 0 Å². The lowest BCUT2D eigenvalue weighted by atomic mass is 10.5. The first-order valence-electron chi connectivity index (χ1n) is 19.8. The molecular weight excluding hydrogens is 713 g/mol. The van der Waals surface area contributed by atoms with Crippen molar-refractivity contribution in [1.82, 2.24) is 0 Å². The van der Waals surface area contributed by atoms with Crippen LogP contribution in [0.2, 0.25) is 123 Å². The van der Waals surface area contributed by atoms with Crippen molar-refractivity contribution in [3.8, 4) is 0 Å². The third kappa shape index (κ3) is 7.35. The Bertz CT molecular complexity index is 815. The Labute approximate surface area is 305 Å². The predicted octanol–water partition coefficient (Wildman–Crippen LogP) is 14.1. The van der Waals surface area contributed by atoms with Gasteiger partial charge >= 0.3 is 0 Å². The van der Waals surface area contributed by atoms with Gasteiger partial charge in [-0.15, -0.1) is 0 Å². The maximum Gasteiger partial charge on any atom is 0.0431 e. The Morgan fingerprint density at radius 2 is 0.370 bits per heavy atom. The third-order valence-corrected chi connectivity index (χ3v) is 214. The van der Waals surface area contributed by atoms with E-state index in [0.29, 0.717) is 0 Å². The van der Waals surface area contributed by atoms with Gasteiger partial charge in [0.25, 0.3) is 0 Å². The quantitative estimate of drug-likeness (QED) is 0.128. The van der Waals surface area contributed by atoms with Crippen LogP contribution < -0.4 is 0 Å². The van der Waals surface area contributed by atoms with Crippen LogP contribution in [0.3, 0.4) is 0 Å². The smallest absolute Gasteiger partial charge is 0.0431 e. The van der Waals surface area contributed by atoms with E-state index in [1.165, 1.54) is 0 Å². The molecule has 2 radical (unpaired) electrons. The SMILES string of the molecule is CC(C)[Si](C(C)C)([Si]([Si](C)(C)C)[Si](C)(C)C)[Si](C(C)C)(C(C)C)[Si](C(C)C)(C(C)C)[Si](C(C)C)(C(C)C)[Si]([Si](C)(C)C)[Si](C)(C)C. The van der Waals surface area contributed by atoms with Crippen LogP contribution in [0.1, 0.15) is 111 Å². The van der Waals surface area contributed by atoms with Crippen molar-refractivity contribution >= 4 is 73.5 Å². The second kappa shape index (κ2) is 15.6. The highest BCUT2D eigenvalue weighted by molar-refractivity contribution is 8.09. The van der Waals surface area contributed by atoms with Gasteiger partial charge in [-0.25, -0.2) is 0 Å². The van der Waals surface area contributed by atoms with Crippen molar-refractivity contribution < 1.29 is 0 Å². The summed E-state index contributed by atoms with van der Waals surface area (Å²) in [4.78, 5) is 0. The molecule has 276 valence electrons. The molecule has 0 N–H and O–H groups in total. The zero-order chi connectivity index (χ0) is 37.8. The van der Waals surface area contributed by atoms with Crippen molar-refractivity contribution in [3.05, 3.63) is 0 Å². The van der Waals surface area contributed by atoms with Crippen molar-refractivity contribution in [1.29, 1.82) is 0 Å². The second-order valence-corrected chi connectivity index (χ2v) is 120. The number of hydrogen-bond donors (Lipinski definition) is 0. The van der Waals surface area contributed by atoms with Gasteiger partial charge in [-0.05, 0) is 0 Å². The standard InChI is InChI=1S/C36H92Si10/c1-29(2)43(30(3)4,37(39(17,18)19)40(20,21)22)45(33(9)10,34(11)12)46(35(13)14,36(15)16)44(31(5)6,32(7)8)38(41(23,24)25)42(26,27)28/h29-36H,1-28H3. The normalized spacial score (nSPS) is 16.0. The summed E-state index contributed by atoms with van der Waals surface area (Å²) in [5.74, 6) is 0. The minimum absolute atomic E-state index is 0.502. The van der Waals surface area contributed by atoms with E-state index >= 15 is 0 Å². The Balaban J connectivity index is 10.2. The summed E-state index contributed by atoms with van der Waals surface area (Å²) in [5.41, 5.74) is 7.30. The molecule has 0 aromatic rings. The largest absolute Gasteiger partial charge is 0.0721 e. The molecule has 0 atom stereocenters. The van der Waals surface area contributed by atoms with Crippen LogP contribution in [0, 0.1) is 0 Å². The average molecular weight is 806 g/mol. The minimum atomic E-state index is -2.00. The van der Waals surface area contributed by atoms with E-state index in [1.807, 2.05) is 0 Å². The lowest BCUT2D eigenvalue weighted by Gasteiger charge is -2.78. The summed E-state index contributed by atoms with van der Waals surface area (Å²) in [6.07, 6.45) is 0. The Kier molecular flexibility index (Phi) is 16.4. The first kappa shape index (κ1) is 48.2. The summed E-state index contributed by atoms with van der Waals surface area (Å²) in [5, 5.41) is 0. The van der Waals surface area contributed by atoms with Crippen LogP contribution in [0.4, 0.5) is 0 Å². The highest BCUT2D eigenvalue weighted by Gasteiger charge is 2.82. The van der Waals surface area contributed by atoms with Gasteiger partial charge in [-0.1, -0.05) is 234 Å². The highest BCUT2D eigenvalue weighted by atomic mass is 30.2. The van der Waals surface area contributed by atoms with Gasteiger partial charge < -0.3 is 0 Å². The highest BCUT2D eigenvalue weighted by Crippen LogP contribution is 2.67. The third-order valence-electron chi connectivity index (χ3n) is 13.2. The zero-order valence-corrected chi connectivity index (χ0v) is 47.6. The minimum Gasteiger partial charge on any atom is -0.0721 e. The van der Waals surface area contributed by atoms with Gasteiger partial charge in [0.1, 0.15) is 0 Å². The molecule has 0 nitrogen and oxygen atoms in total. The van der Waals surface area contributed by atoms with E-state index in [9.17, 15) is 0 Å². The molecule has 0 aliphatic carbocycles. The van der Waals surface area contributed by atoms with E-state index in [0.717, 1.165) is 44.3 Å². The molecule has 0 aliphatic heterocycles. The van der Waals surface area contributed by atoms with Gasteiger partial charge in [0, 0.05) is 73.5 Å². The van der Waals surface area contributed by atoms with Gasteiger partial charge in [0.05, 0.1) is 0 Å². The summed E-state index contributed by atoms with van der Waals surface area (Å²) >= 11 is 0. The Morgan fingerprint density at radius 1 is 0.239 bits per heavy atom. The van der Waals surface area contributed by atoms with Crippen molar-refractivity contribution in [3.63, 3.8) is 0 Å². The molecule has 46 heavy (non-hydrogen) atoms. The predicted molar refractivity (Wildman–Crippen MR) is 249 cm³/mol. The van der Waals surface area contributed by atoms with Gasteiger partial charge in [-0.3, -0.25) is 0 Å². The molecule has 0 amide bonds. The first-order valence-corrected chi connectivity index (χ1v) is 54.4. The van der Waals surface area contributed by atoms with E-state index < -0.39 is 73.5 Å². The maximum absolute atomic E-state index is 2.91.